The van der Waals surface area contributed by atoms with Crippen LogP contribution in [0, 0.1) is 0 Å². The molecule has 0 fully saturated rings. The molecule has 0 spiro atoms. The van der Waals surface area contributed by atoms with Crippen LogP contribution in [-0.4, -0.2) is 19.5 Å². The second kappa shape index (κ2) is 12.4. The molecule has 0 radical (unpaired) electrons. The molecule has 0 aliphatic heterocycles. The molecular weight excluding hydrogens is 713 g/mol. The Hall–Kier alpha value is -7.21. The van der Waals surface area contributed by atoms with Crippen LogP contribution in [0.5, 0.6) is 0 Å². The molecule has 0 saturated carbocycles. The van der Waals surface area contributed by atoms with Gasteiger partial charge in [0.25, 0.3) is 0 Å². The molecule has 0 saturated heterocycles. The third-order valence-electron chi connectivity index (χ3n) is 11.7. The number of rotatable bonds is 5. The van der Waals surface area contributed by atoms with E-state index in [4.69, 9.17) is 15.0 Å². The number of thiophene rings is 1. The molecule has 0 atom stereocenters. The van der Waals surface area contributed by atoms with E-state index in [1.165, 1.54) is 47.6 Å². The standard InChI is InChI=1S/C52H32N4S/c1-3-15-33(16-4-1)49-53-50(34-27-30-48-42(31-34)40-22-10-14-26-47(40)57-48)55-51(54-49)52(43-23-11-7-19-37(43)38-20-8-12-24-44(38)52)35-28-29-46-41(32-35)39-21-9-13-25-45(39)56(46)36-17-5-2-6-18-36/h1-32H. The Kier molecular flexibility index (Phi) is 6.98. The van der Waals surface area contributed by atoms with Gasteiger partial charge in [0.1, 0.15) is 5.41 Å². The second-order valence-electron chi connectivity index (χ2n) is 14.7. The first kappa shape index (κ1) is 32.1. The predicted octanol–water partition coefficient (Wildman–Crippen LogP) is 13.0. The SMILES string of the molecule is c1ccc(-c2nc(-c3ccc4sc5ccccc5c4c3)nc(C3(c4ccc5c(c4)c4ccccc4n5-c4ccccc4)c4ccccc4-c4ccccc43)n2)cc1. The van der Waals surface area contributed by atoms with Crippen molar-refractivity contribution in [1.82, 2.24) is 19.5 Å². The van der Waals surface area contributed by atoms with Gasteiger partial charge in [-0.15, -0.1) is 11.3 Å². The van der Waals surface area contributed by atoms with Crippen LogP contribution in [0.15, 0.2) is 194 Å². The number of hydrogen-bond donors (Lipinski definition) is 0. The lowest BCUT2D eigenvalue weighted by Crippen LogP contribution is -2.31. The van der Waals surface area contributed by atoms with Crippen LogP contribution in [0.25, 0.3) is 81.6 Å². The summed E-state index contributed by atoms with van der Waals surface area (Å²) in [7, 11) is 0. The average molecular weight is 745 g/mol. The van der Waals surface area contributed by atoms with Gasteiger partial charge in [0.05, 0.1) is 11.0 Å². The lowest BCUT2D eigenvalue weighted by atomic mass is 9.71. The lowest BCUT2D eigenvalue weighted by molar-refractivity contribution is 0.693. The summed E-state index contributed by atoms with van der Waals surface area (Å²) in [4.78, 5) is 16.4. The number of benzene rings is 8. The largest absolute Gasteiger partial charge is 0.309 e. The molecule has 1 aliphatic rings. The van der Waals surface area contributed by atoms with E-state index < -0.39 is 5.41 Å². The minimum atomic E-state index is -0.849. The monoisotopic (exact) mass is 744 g/mol. The van der Waals surface area contributed by atoms with Gasteiger partial charge in [-0.25, -0.2) is 15.0 Å². The maximum atomic E-state index is 5.60. The maximum absolute atomic E-state index is 5.60. The van der Waals surface area contributed by atoms with Crippen LogP contribution in [0.1, 0.15) is 22.5 Å². The van der Waals surface area contributed by atoms with Crippen LogP contribution in [0.4, 0.5) is 0 Å². The van der Waals surface area contributed by atoms with Gasteiger partial charge in [0, 0.05) is 47.8 Å². The Bertz CT molecular complexity index is 3320. The van der Waals surface area contributed by atoms with Gasteiger partial charge in [0.2, 0.25) is 0 Å². The fraction of sp³-hybridized carbons (Fsp3) is 0.0192. The van der Waals surface area contributed by atoms with Crippen molar-refractivity contribution in [2.45, 2.75) is 5.41 Å². The molecule has 12 rings (SSSR count). The van der Waals surface area contributed by atoms with E-state index >= 15 is 0 Å². The van der Waals surface area contributed by atoms with Crippen LogP contribution in [0.2, 0.25) is 0 Å². The first-order chi connectivity index (χ1) is 28.3. The summed E-state index contributed by atoms with van der Waals surface area (Å²) in [6.45, 7) is 0. The molecule has 0 unspecified atom stereocenters. The molecule has 5 heteroatoms. The van der Waals surface area contributed by atoms with Crippen molar-refractivity contribution in [3.63, 3.8) is 0 Å². The molecule has 8 aromatic carbocycles. The zero-order valence-corrected chi connectivity index (χ0v) is 31.5. The maximum Gasteiger partial charge on any atom is 0.163 e. The van der Waals surface area contributed by atoms with E-state index in [2.05, 4.69) is 180 Å². The molecule has 1 aliphatic carbocycles. The van der Waals surface area contributed by atoms with Gasteiger partial charge >= 0.3 is 0 Å². The van der Waals surface area contributed by atoms with E-state index in [0.29, 0.717) is 17.5 Å². The van der Waals surface area contributed by atoms with E-state index in [0.717, 1.165) is 39.0 Å². The Morgan fingerprint density at radius 2 is 1.00 bits per heavy atom. The van der Waals surface area contributed by atoms with Crippen molar-refractivity contribution in [3.05, 3.63) is 217 Å². The number of nitrogens with zero attached hydrogens (tertiary/aromatic N) is 4. The molecule has 0 bridgehead atoms. The van der Waals surface area contributed by atoms with Gasteiger partial charge in [-0.1, -0.05) is 140 Å². The first-order valence-electron chi connectivity index (χ1n) is 19.3. The topological polar surface area (TPSA) is 43.6 Å². The van der Waals surface area contributed by atoms with E-state index in [1.54, 1.807) is 0 Å². The number of aromatic nitrogens is 4. The van der Waals surface area contributed by atoms with Gasteiger partial charge < -0.3 is 4.57 Å². The molecule has 0 amide bonds. The second-order valence-corrected chi connectivity index (χ2v) is 15.8. The number of para-hydroxylation sites is 2. The molecule has 0 N–H and O–H groups in total. The van der Waals surface area contributed by atoms with Crippen molar-refractivity contribution >= 4 is 53.3 Å². The normalized spacial score (nSPS) is 13.1. The first-order valence-corrected chi connectivity index (χ1v) is 20.1. The number of hydrogen-bond acceptors (Lipinski definition) is 4. The molecule has 4 nitrogen and oxygen atoms in total. The average Bonchev–Trinajstić information content (AvgIpc) is 3.93. The number of fused-ring (bicyclic) bond motifs is 9. The van der Waals surface area contributed by atoms with Crippen molar-refractivity contribution in [2.75, 3.05) is 0 Å². The van der Waals surface area contributed by atoms with Gasteiger partial charge in [-0.05, 0) is 82.4 Å². The summed E-state index contributed by atoms with van der Waals surface area (Å²) in [5.41, 5.74) is 10.3. The van der Waals surface area contributed by atoms with Gasteiger partial charge in [0.15, 0.2) is 17.5 Å². The van der Waals surface area contributed by atoms with Crippen LogP contribution < -0.4 is 0 Å². The zero-order valence-electron chi connectivity index (χ0n) is 30.7. The van der Waals surface area contributed by atoms with Crippen LogP contribution in [-0.2, 0) is 5.41 Å². The van der Waals surface area contributed by atoms with Crippen molar-refractivity contribution in [1.29, 1.82) is 0 Å². The summed E-state index contributed by atoms with van der Waals surface area (Å²) < 4.78 is 4.89. The smallest absolute Gasteiger partial charge is 0.163 e. The molecular formula is C52H32N4S. The van der Waals surface area contributed by atoms with Gasteiger partial charge in [-0.2, -0.15) is 0 Å². The van der Waals surface area contributed by atoms with Gasteiger partial charge in [-0.3, -0.25) is 0 Å². The highest BCUT2D eigenvalue weighted by Crippen LogP contribution is 2.56. The quantitative estimate of drug-likeness (QED) is 0.176. The molecule has 3 aromatic heterocycles. The Balaban J connectivity index is 1.19. The molecule has 266 valence electrons. The van der Waals surface area contributed by atoms with E-state index in [9.17, 15) is 0 Å². The zero-order chi connectivity index (χ0) is 37.5. The molecule has 3 heterocycles. The summed E-state index contributed by atoms with van der Waals surface area (Å²) in [5.74, 6) is 2.00. The van der Waals surface area contributed by atoms with Crippen molar-refractivity contribution < 1.29 is 0 Å². The Morgan fingerprint density at radius 3 is 1.77 bits per heavy atom. The predicted molar refractivity (Wildman–Crippen MR) is 235 cm³/mol. The molecule has 57 heavy (non-hydrogen) atoms. The highest BCUT2D eigenvalue weighted by Gasteiger charge is 2.49. The summed E-state index contributed by atoms with van der Waals surface area (Å²) in [6.07, 6.45) is 0. The van der Waals surface area contributed by atoms with Crippen molar-refractivity contribution in [3.8, 4) is 39.6 Å². The molecule has 11 aromatic rings. The minimum absolute atomic E-state index is 0.647. The fourth-order valence-corrected chi connectivity index (χ4v) is 10.3. The van der Waals surface area contributed by atoms with E-state index in [-0.39, 0.29) is 0 Å². The van der Waals surface area contributed by atoms with Crippen LogP contribution in [0.3, 0.4) is 0 Å². The highest BCUT2D eigenvalue weighted by atomic mass is 32.1. The van der Waals surface area contributed by atoms with E-state index in [1.807, 2.05) is 29.5 Å². The summed E-state index contributed by atoms with van der Waals surface area (Å²) >= 11 is 1.82. The third kappa shape index (κ3) is 4.70. The minimum Gasteiger partial charge on any atom is -0.309 e. The fourth-order valence-electron chi connectivity index (χ4n) is 9.23. The Morgan fingerprint density at radius 1 is 0.404 bits per heavy atom. The summed E-state index contributed by atoms with van der Waals surface area (Å²) in [5, 5.41) is 4.84. The Labute approximate surface area is 333 Å². The summed E-state index contributed by atoms with van der Waals surface area (Å²) in [6, 6.07) is 69.5. The van der Waals surface area contributed by atoms with Crippen molar-refractivity contribution in [2.24, 2.45) is 0 Å². The highest BCUT2D eigenvalue weighted by molar-refractivity contribution is 7.25. The lowest BCUT2D eigenvalue weighted by Gasteiger charge is -2.32. The third-order valence-corrected chi connectivity index (χ3v) is 12.9. The van der Waals surface area contributed by atoms with Crippen LogP contribution >= 0.6 is 11.3 Å².